The molecular formula is C19H23N3O3. The van der Waals surface area contributed by atoms with E-state index in [-0.39, 0.29) is 12.1 Å². The topological polar surface area (TPSA) is 72.5 Å². The first-order chi connectivity index (χ1) is 12.2. The van der Waals surface area contributed by atoms with Gasteiger partial charge in [0, 0.05) is 12.1 Å². The smallest absolute Gasteiger partial charge is 0.319 e. The van der Waals surface area contributed by atoms with Crippen molar-refractivity contribution in [2.24, 2.45) is 0 Å². The first-order valence-corrected chi connectivity index (χ1v) is 8.59. The van der Waals surface area contributed by atoms with Crippen molar-refractivity contribution >= 4 is 11.7 Å². The number of para-hydroxylation sites is 2. The van der Waals surface area contributed by atoms with Crippen LogP contribution in [-0.2, 0) is 0 Å². The van der Waals surface area contributed by atoms with Crippen molar-refractivity contribution < 1.29 is 14.3 Å². The van der Waals surface area contributed by atoms with Gasteiger partial charge in [-0.15, -0.1) is 0 Å². The third-order valence-electron chi connectivity index (χ3n) is 4.22. The molecule has 1 heterocycles. The molecule has 0 bridgehead atoms. The molecule has 0 aliphatic heterocycles. The fourth-order valence-electron chi connectivity index (χ4n) is 2.93. The van der Waals surface area contributed by atoms with E-state index in [2.05, 4.69) is 15.6 Å². The number of carbonyl (C=O) groups is 1. The Morgan fingerprint density at radius 1 is 1.08 bits per heavy atom. The summed E-state index contributed by atoms with van der Waals surface area (Å²) in [6, 6.07) is 10.9. The number of amides is 2. The van der Waals surface area contributed by atoms with Crippen LogP contribution >= 0.6 is 0 Å². The second-order valence-electron chi connectivity index (χ2n) is 6.07. The summed E-state index contributed by atoms with van der Waals surface area (Å²) in [5.41, 5.74) is 0.626. The van der Waals surface area contributed by atoms with Crippen molar-refractivity contribution in [3.8, 4) is 17.4 Å². The summed E-state index contributed by atoms with van der Waals surface area (Å²) in [6.45, 7) is 0. The molecular weight excluding hydrogens is 318 g/mol. The molecule has 1 aromatic carbocycles. The lowest BCUT2D eigenvalue weighted by atomic mass is 9.96. The number of anilines is 1. The van der Waals surface area contributed by atoms with Gasteiger partial charge in [0.15, 0.2) is 11.5 Å². The van der Waals surface area contributed by atoms with Gasteiger partial charge in [-0.2, -0.15) is 0 Å². The maximum Gasteiger partial charge on any atom is 0.319 e. The van der Waals surface area contributed by atoms with E-state index >= 15 is 0 Å². The monoisotopic (exact) mass is 341 g/mol. The number of nitrogens with zero attached hydrogens (tertiary/aromatic N) is 1. The van der Waals surface area contributed by atoms with Crippen LogP contribution in [0, 0.1) is 0 Å². The lowest BCUT2D eigenvalue weighted by molar-refractivity contribution is 0.244. The van der Waals surface area contributed by atoms with Gasteiger partial charge in [-0.1, -0.05) is 31.4 Å². The quantitative estimate of drug-likeness (QED) is 0.849. The van der Waals surface area contributed by atoms with Gasteiger partial charge in [0.25, 0.3) is 0 Å². The largest absolute Gasteiger partial charge is 0.493 e. The molecule has 1 aliphatic rings. The molecule has 2 N–H and O–H groups in total. The van der Waals surface area contributed by atoms with Crippen molar-refractivity contribution in [1.29, 1.82) is 0 Å². The molecule has 1 fully saturated rings. The van der Waals surface area contributed by atoms with Crippen molar-refractivity contribution in [2.75, 3.05) is 12.4 Å². The first kappa shape index (κ1) is 17.1. The highest BCUT2D eigenvalue weighted by atomic mass is 16.5. The zero-order valence-corrected chi connectivity index (χ0v) is 14.3. The van der Waals surface area contributed by atoms with E-state index in [1.54, 1.807) is 25.4 Å². The molecule has 1 aromatic heterocycles. The molecule has 0 radical (unpaired) electrons. The molecule has 0 saturated heterocycles. The molecule has 1 aliphatic carbocycles. The Kier molecular flexibility index (Phi) is 5.72. The van der Waals surface area contributed by atoms with Crippen molar-refractivity contribution in [1.82, 2.24) is 10.3 Å². The van der Waals surface area contributed by atoms with Crippen LogP contribution in [0.4, 0.5) is 10.5 Å². The van der Waals surface area contributed by atoms with Gasteiger partial charge in [-0.05, 0) is 31.0 Å². The molecule has 0 spiro atoms. The zero-order chi connectivity index (χ0) is 17.5. The number of nitrogens with one attached hydrogen (secondary N) is 2. The fourth-order valence-corrected chi connectivity index (χ4v) is 2.93. The van der Waals surface area contributed by atoms with E-state index in [0.29, 0.717) is 23.1 Å². The molecule has 1 saturated carbocycles. The van der Waals surface area contributed by atoms with E-state index < -0.39 is 0 Å². The Morgan fingerprint density at radius 3 is 2.52 bits per heavy atom. The summed E-state index contributed by atoms with van der Waals surface area (Å²) in [5, 5.41) is 5.82. The number of hydrogen-bond donors (Lipinski definition) is 2. The molecule has 3 rings (SSSR count). The van der Waals surface area contributed by atoms with Crippen molar-refractivity contribution in [3.63, 3.8) is 0 Å². The zero-order valence-electron chi connectivity index (χ0n) is 14.3. The number of benzene rings is 1. The van der Waals surface area contributed by atoms with Crippen LogP contribution in [0.2, 0.25) is 0 Å². The van der Waals surface area contributed by atoms with Crippen LogP contribution in [0.25, 0.3) is 0 Å². The summed E-state index contributed by atoms with van der Waals surface area (Å²) >= 11 is 0. The fraction of sp³-hybridized carbons (Fsp3) is 0.368. The Morgan fingerprint density at radius 2 is 1.84 bits per heavy atom. The van der Waals surface area contributed by atoms with E-state index in [0.717, 1.165) is 12.8 Å². The maximum atomic E-state index is 12.0. The Labute approximate surface area is 147 Å². The molecule has 6 nitrogen and oxygen atoms in total. The normalized spacial score (nSPS) is 14.6. The number of carbonyl (C=O) groups excluding carboxylic acids is 1. The lowest BCUT2D eigenvalue weighted by Crippen LogP contribution is -2.39. The van der Waals surface area contributed by atoms with Crippen LogP contribution in [0.3, 0.4) is 0 Å². The van der Waals surface area contributed by atoms with Crippen LogP contribution in [0.15, 0.2) is 42.6 Å². The summed E-state index contributed by atoms with van der Waals surface area (Å²) < 4.78 is 11.0. The highest BCUT2D eigenvalue weighted by Gasteiger charge is 2.15. The number of aromatic nitrogens is 1. The number of ether oxygens (including phenoxy) is 2. The highest BCUT2D eigenvalue weighted by Crippen LogP contribution is 2.30. The molecule has 2 amide bonds. The third kappa shape index (κ3) is 4.86. The highest BCUT2D eigenvalue weighted by molar-refractivity contribution is 5.89. The minimum absolute atomic E-state index is 0.188. The van der Waals surface area contributed by atoms with Crippen LogP contribution in [0.1, 0.15) is 32.1 Å². The molecule has 0 atom stereocenters. The van der Waals surface area contributed by atoms with Crippen LogP contribution in [-0.4, -0.2) is 24.2 Å². The second kappa shape index (κ2) is 8.37. The minimum atomic E-state index is -0.188. The standard InChI is InChI=1S/C19H23N3O3/c1-24-16-9-5-6-10-17(16)25-18-12-11-15(13-20-18)22-19(23)21-14-7-3-2-4-8-14/h5-6,9-14H,2-4,7-8H2,1H3,(H2,21,22,23). The Bertz CT molecular complexity index is 697. The first-order valence-electron chi connectivity index (χ1n) is 8.59. The second-order valence-corrected chi connectivity index (χ2v) is 6.07. The van der Waals surface area contributed by atoms with E-state index in [9.17, 15) is 4.79 Å². The summed E-state index contributed by atoms with van der Waals surface area (Å²) in [4.78, 5) is 16.3. The summed E-state index contributed by atoms with van der Waals surface area (Å²) in [6.07, 6.45) is 7.31. The SMILES string of the molecule is COc1ccccc1Oc1ccc(NC(=O)NC2CCCCC2)cn1. The number of urea groups is 1. The average Bonchev–Trinajstić information content (AvgIpc) is 2.64. The number of pyridine rings is 1. The third-order valence-corrected chi connectivity index (χ3v) is 4.22. The van der Waals surface area contributed by atoms with Gasteiger partial charge in [0.05, 0.1) is 19.0 Å². The molecule has 132 valence electrons. The molecule has 0 unspecified atom stereocenters. The summed E-state index contributed by atoms with van der Waals surface area (Å²) in [7, 11) is 1.59. The van der Waals surface area contributed by atoms with Gasteiger partial charge < -0.3 is 20.1 Å². The minimum Gasteiger partial charge on any atom is -0.493 e. The van der Waals surface area contributed by atoms with E-state index in [1.165, 1.54) is 19.3 Å². The predicted molar refractivity (Wildman–Crippen MR) is 96.3 cm³/mol. The van der Waals surface area contributed by atoms with Crippen LogP contribution < -0.4 is 20.1 Å². The summed E-state index contributed by atoms with van der Waals surface area (Å²) in [5.74, 6) is 1.66. The van der Waals surface area contributed by atoms with Gasteiger partial charge >= 0.3 is 6.03 Å². The average molecular weight is 341 g/mol. The molecule has 25 heavy (non-hydrogen) atoms. The lowest BCUT2D eigenvalue weighted by Gasteiger charge is -2.22. The molecule has 2 aromatic rings. The Balaban J connectivity index is 1.55. The number of methoxy groups -OCH3 is 1. The number of hydrogen-bond acceptors (Lipinski definition) is 4. The van der Waals surface area contributed by atoms with E-state index in [1.807, 2.05) is 24.3 Å². The van der Waals surface area contributed by atoms with Gasteiger partial charge in [-0.25, -0.2) is 9.78 Å². The maximum absolute atomic E-state index is 12.0. The van der Waals surface area contributed by atoms with Crippen LogP contribution in [0.5, 0.6) is 17.4 Å². The van der Waals surface area contributed by atoms with Gasteiger partial charge in [-0.3, -0.25) is 0 Å². The van der Waals surface area contributed by atoms with Crippen molar-refractivity contribution in [3.05, 3.63) is 42.6 Å². The predicted octanol–water partition coefficient (Wildman–Crippen LogP) is 4.34. The van der Waals surface area contributed by atoms with Gasteiger partial charge in [0.2, 0.25) is 5.88 Å². The number of rotatable bonds is 5. The Hall–Kier alpha value is -2.76. The molecule has 6 heteroatoms. The van der Waals surface area contributed by atoms with E-state index in [4.69, 9.17) is 9.47 Å². The van der Waals surface area contributed by atoms with Crippen molar-refractivity contribution in [2.45, 2.75) is 38.1 Å². The van der Waals surface area contributed by atoms with Gasteiger partial charge in [0.1, 0.15) is 0 Å².